The van der Waals surface area contributed by atoms with Crippen molar-refractivity contribution < 1.29 is 23.9 Å². The molecule has 0 fully saturated rings. The van der Waals surface area contributed by atoms with Crippen LogP contribution in [0.5, 0.6) is 17.2 Å². The van der Waals surface area contributed by atoms with E-state index in [4.69, 9.17) is 25.8 Å². The molecule has 2 aromatic rings. The third kappa shape index (κ3) is 4.32. The summed E-state index contributed by atoms with van der Waals surface area (Å²) in [5.74, 6) is 0.651. The number of nitrogens with one attached hydrogen (secondary N) is 1. The van der Waals surface area contributed by atoms with E-state index in [9.17, 15) is 14.9 Å². The summed E-state index contributed by atoms with van der Waals surface area (Å²) in [6, 6.07) is 7.72. The molecule has 2 aromatic carbocycles. The van der Waals surface area contributed by atoms with Crippen LogP contribution in [0.1, 0.15) is 18.1 Å². The van der Waals surface area contributed by atoms with Crippen molar-refractivity contribution >= 4 is 29.4 Å². The van der Waals surface area contributed by atoms with Crippen LogP contribution in [0.2, 0.25) is 5.02 Å². The molecule has 0 spiro atoms. The molecule has 10 heteroatoms. The Balaban J connectivity index is 1.67. The highest BCUT2D eigenvalue weighted by atomic mass is 35.5. The number of hydrogen-bond donors (Lipinski definition) is 1. The SMILES string of the molecule is Cc1cc(Cl)ccc1OC(C)C(=O)NN=Cc1cc2c(cc1[N+](=O)[O-])OCO2. The molecule has 1 amide bonds. The minimum Gasteiger partial charge on any atom is -0.481 e. The maximum atomic E-state index is 12.2. The standard InChI is InChI=1S/C18H16ClN3O6/c1-10-5-13(19)3-4-15(10)28-11(2)18(23)21-20-8-12-6-16-17(27-9-26-16)7-14(12)22(24)25/h3-8,11H,9H2,1-2H3,(H,21,23). The zero-order chi connectivity index (χ0) is 20.3. The number of hydrogen-bond acceptors (Lipinski definition) is 7. The summed E-state index contributed by atoms with van der Waals surface area (Å²) in [5.41, 5.74) is 3.03. The molecule has 1 aliphatic heterocycles. The lowest BCUT2D eigenvalue weighted by atomic mass is 10.1. The molecule has 1 aliphatic rings. The molecule has 0 saturated heterocycles. The number of carbonyl (C=O) groups excluding carboxylic acids is 1. The predicted molar refractivity (Wildman–Crippen MR) is 101 cm³/mol. The topological polar surface area (TPSA) is 112 Å². The second-order valence-corrected chi connectivity index (χ2v) is 6.36. The number of nitro groups is 1. The molecule has 28 heavy (non-hydrogen) atoms. The van der Waals surface area contributed by atoms with E-state index in [1.807, 2.05) is 6.92 Å². The molecule has 0 radical (unpaired) electrons. The number of benzene rings is 2. The molecular weight excluding hydrogens is 390 g/mol. The average Bonchev–Trinajstić information content (AvgIpc) is 3.10. The lowest BCUT2D eigenvalue weighted by molar-refractivity contribution is -0.385. The maximum Gasteiger partial charge on any atom is 0.282 e. The van der Waals surface area contributed by atoms with Gasteiger partial charge in [0.2, 0.25) is 6.79 Å². The number of nitrogens with zero attached hydrogens (tertiary/aromatic N) is 2. The number of halogens is 1. The lowest BCUT2D eigenvalue weighted by Crippen LogP contribution is -2.33. The van der Waals surface area contributed by atoms with E-state index in [0.717, 1.165) is 11.8 Å². The van der Waals surface area contributed by atoms with Gasteiger partial charge in [0.15, 0.2) is 17.6 Å². The van der Waals surface area contributed by atoms with Crippen molar-refractivity contribution in [2.75, 3.05) is 6.79 Å². The van der Waals surface area contributed by atoms with Gasteiger partial charge in [-0.25, -0.2) is 5.43 Å². The van der Waals surface area contributed by atoms with Gasteiger partial charge in [-0.1, -0.05) is 11.6 Å². The second kappa shape index (κ2) is 8.13. The first-order valence-electron chi connectivity index (χ1n) is 8.19. The van der Waals surface area contributed by atoms with Crippen molar-refractivity contribution in [3.8, 4) is 17.2 Å². The van der Waals surface area contributed by atoms with Crippen LogP contribution in [0.25, 0.3) is 0 Å². The number of amides is 1. The molecule has 3 rings (SSSR count). The van der Waals surface area contributed by atoms with E-state index in [0.29, 0.717) is 16.5 Å². The van der Waals surface area contributed by atoms with Gasteiger partial charge in [-0.2, -0.15) is 5.10 Å². The molecule has 1 unspecified atom stereocenters. The number of fused-ring (bicyclic) bond motifs is 1. The highest BCUT2D eigenvalue weighted by molar-refractivity contribution is 6.30. The lowest BCUT2D eigenvalue weighted by Gasteiger charge is -2.14. The fourth-order valence-corrected chi connectivity index (χ4v) is 2.68. The molecular formula is C18H16ClN3O6. The molecule has 0 aliphatic carbocycles. The Morgan fingerprint density at radius 1 is 1.36 bits per heavy atom. The first-order valence-corrected chi connectivity index (χ1v) is 8.56. The summed E-state index contributed by atoms with van der Waals surface area (Å²) in [6.07, 6.45) is 0.321. The maximum absolute atomic E-state index is 12.2. The smallest absolute Gasteiger partial charge is 0.282 e. The minimum atomic E-state index is -0.844. The van der Waals surface area contributed by atoms with Gasteiger partial charge in [-0.05, 0) is 43.7 Å². The first kappa shape index (κ1) is 19.4. The van der Waals surface area contributed by atoms with Crippen LogP contribution in [0, 0.1) is 17.0 Å². The third-order valence-electron chi connectivity index (χ3n) is 3.91. The number of nitro benzene ring substituents is 1. The van der Waals surface area contributed by atoms with E-state index < -0.39 is 16.9 Å². The summed E-state index contributed by atoms with van der Waals surface area (Å²) < 4.78 is 15.9. The quantitative estimate of drug-likeness (QED) is 0.448. The summed E-state index contributed by atoms with van der Waals surface area (Å²) >= 11 is 5.89. The molecule has 1 atom stereocenters. The summed E-state index contributed by atoms with van der Waals surface area (Å²) in [5, 5.41) is 15.6. The van der Waals surface area contributed by atoms with Gasteiger partial charge in [0, 0.05) is 5.02 Å². The van der Waals surface area contributed by atoms with Crippen molar-refractivity contribution in [1.29, 1.82) is 0 Å². The van der Waals surface area contributed by atoms with Crippen molar-refractivity contribution in [3.05, 3.63) is 56.6 Å². The number of carbonyl (C=O) groups is 1. The van der Waals surface area contributed by atoms with Crippen LogP contribution in [0.3, 0.4) is 0 Å². The van der Waals surface area contributed by atoms with Crippen LogP contribution in [0.15, 0.2) is 35.4 Å². The van der Waals surface area contributed by atoms with E-state index in [-0.39, 0.29) is 23.8 Å². The van der Waals surface area contributed by atoms with Gasteiger partial charge in [0.05, 0.1) is 22.8 Å². The number of aryl methyl sites for hydroxylation is 1. The third-order valence-corrected chi connectivity index (χ3v) is 4.14. The summed E-state index contributed by atoms with van der Waals surface area (Å²) in [6.45, 7) is 3.35. The monoisotopic (exact) mass is 405 g/mol. The Labute approximate surface area is 165 Å². The fraction of sp³-hybridized carbons (Fsp3) is 0.222. The molecule has 1 N–H and O–H groups in total. The van der Waals surface area contributed by atoms with Gasteiger partial charge in [-0.3, -0.25) is 14.9 Å². The van der Waals surface area contributed by atoms with Crippen molar-refractivity contribution in [2.24, 2.45) is 5.10 Å². The molecule has 9 nitrogen and oxygen atoms in total. The zero-order valence-corrected chi connectivity index (χ0v) is 15.7. The average molecular weight is 406 g/mol. The molecule has 146 valence electrons. The van der Waals surface area contributed by atoms with E-state index in [1.54, 1.807) is 25.1 Å². The van der Waals surface area contributed by atoms with E-state index in [2.05, 4.69) is 10.5 Å². The molecule has 1 heterocycles. The Morgan fingerprint density at radius 3 is 2.75 bits per heavy atom. The van der Waals surface area contributed by atoms with Gasteiger partial charge in [-0.15, -0.1) is 0 Å². The van der Waals surface area contributed by atoms with Crippen molar-refractivity contribution in [3.63, 3.8) is 0 Å². The van der Waals surface area contributed by atoms with Crippen LogP contribution in [-0.4, -0.2) is 29.9 Å². The van der Waals surface area contributed by atoms with Gasteiger partial charge in [0.25, 0.3) is 11.6 Å². The Bertz CT molecular complexity index is 963. The number of rotatable bonds is 6. The highest BCUT2D eigenvalue weighted by Gasteiger charge is 2.22. The van der Waals surface area contributed by atoms with Gasteiger partial charge >= 0.3 is 0 Å². The largest absolute Gasteiger partial charge is 0.481 e. The predicted octanol–water partition coefficient (Wildman–Crippen LogP) is 3.20. The van der Waals surface area contributed by atoms with Crippen molar-refractivity contribution in [1.82, 2.24) is 5.43 Å². The highest BCUT2D eigenvalue weighted by Crippen LogP contribution is 2.37. The zero-order valence-electron chi connectivity index (χ0n) is 15.0. The number of hydrazone groups is 1. The van der Waals surface area contributed by atoms with Crippen LogP contribution in [0.4, 0.5) is 5.69 Å². The first-order chi connectivity index (χ1) is 13.3. The number of ether oxygens (including phenoxy) is 3. The fourth-order valence-electron chi connectivity index (χ4n) is 2.45. The Hall–Kier alpha value is -3.33. The van der Waals surface area contributed by atoms with Crippen molar-refractivity contribution in [2.45, 2.75) is 20.0 Å². The van der Waals surface area contributed by atoms with Crippen LogP contribution >= 0.6 is 11.6 Å². The Morgan fingerprint density at radius 2 is 2.07 bits per heavy atom. The van der Waals surface area contributed by atoms with Crippen LogP contribution < -0.4 is 19.6 Å². The summed E-state index contributed by atoms with van der Waals surface area (Å²) in [7, 11) is 0. The Kier molecular flexibility index (Phi) is 5.65. The van der Waals surface area contributed by atoms with Gasteiger partial charge in [0.1, 0.15) is 5.75 Å². The van der Waals surface area contributed by atoms with E-state index >= 15 is 0 Å². The summed E-state index contributed by atoms with van der Waals surface area (Å²) in [4.78, 5) is 22.8. The second-order valence-electron chi connectivity index (χ2n) is 5.93. The molecule has 0 bridgehead atoms. The molecule has 0 saturated carbocycles. The minimum absolute atomic E-state index is 0.0111. The molecule has 0 aromatic heterocycles. The van der Waals surface area contributed by atoms with Crippen LogP contribution in [-0.2, 0) is 4.79 Å². The van der Waals surface area contributed by atoms with Gasteiger partial charge < -0.3 is 14.2 Å². The van der Waals surface area contributed by atoms with E-state index in [1.165, 1.54) is 12.1 Å². The normalized spacial score (nSPS) is 13.4.